The summed E-state index contributed by atoms with van der Waals surface area (Å²) in [4.78, 5) is 21.4. The Morgan fingerprint density at radius 2 is 1.71 bits per heavy atom. The molecule has 176 valence electrons. The number of carbonyl (C=O) groups is 1. The van der Waals surface area contributed by atoms with E-state index in [9.17, 15) is 4.79 Å². The summed E-state index contributed by atoms with van der Waals surface area (Å²) in [5.41, 5.74) is 10.4. The molecular weight excluding hydrogens is 432 g/mol. The van der Waals surface area contributed by atoms with Crippen molar-refractivity contribution in [2.75, 3.05) is 46.9 Å². The van der Waals surface area contributed by atoms with E-state index in [-0.39, 0.29) is 5.91 Å². The first-order valence-corrected chi connectivity index (χ1v) is 11.3. The molecule has 9 heteroatoms. The smallest absolute Gasteiger partial charge is 0.254 e. The number of hydrogen-bond acceptors (Lipinski definition) is 8. The molecule has 0 bridgehead atoms. The number of nitrogens with zero attached hydrogens (tertiary/aromatic N) is 5. The van der Waals surface area contributed by atoms with Crippen LogP contribution in [0.3, 0.4) is 0 Å². The molecule has 1 fully saturated rings. The lowest BCUT2D eigenvalue weighted by Gasteiger charge is -2.30. The van der Waals surface area contributed by atoms with Crippen LogP contribution in [-0.2, 0) is 9.47 Å². The Balaban J connectivity index is 1.37. The van der Waals surface area contributed by atoms with Gasteiger partial charge in [0.25, 0.3) is 5.91 Å². The van der Waals surface area contributed by atoms with E-state index in [1.807, 2.05) is 78.5 Å². The first-order chi connectivity index (χ1) is 16.5. The van der Waals surface area contributed by atoms with Gasteiger partial charge in [-0.15, -0.1) is 5.10 Å². The van der Waals surface area contributed by atoms with E-state index < -0.39 is 6.23 Å². The molecule has 1 unspecified atom stereocenters. The van der Waals surface area contributed by atoms with E-state index in [0.717, 1.165) is 16.8 Å². The molecule has 3 aliphatic heterocycles. The lowest BCUT2D eigenvalue weighted by molar-refractivity contribution is 0.0303. The Bertz CT molecular complexity index is 1150. The maximum Gasteiger partial charge on any atom is 0.254 e. The van der Waals surface area contributed by atoms with Crippen molar-refractivity contribution in [3.63, 3.8) is 0 Å². The largest absolute Gasteiger partial charge is 0.444 e. The summed E-state index contributed by atoms with van der Waals surface area (Å²) >= 11 is 0. The van der Waals surface area contributed by atoms with Gasteiger partial charge < -0.3 is 25.0 Å². The Hall–Kier alpha value is -3.85. The predicted octanol–water partition coefficient (Wildman–Crippen LogP) is 1.67. The molecule has 0 aliphatic carbocycles. The number of morpholine rings is 1. The van der Waals surface area contributed by atoms with Gasteiger partial charge in [0.2, 0.25) is 12.1 Å². The van der Waals surface area contributed by atoms with Crippen LogP contribution in [0, 0.1) is 0 Å². The third-order valence-corrected chi connectivity index (χ3v) is 6.15. The van der Waals surface area contributed by atoms with Crippen LogP contribution in [0.25, 0.3) is 0 Å². The normalized spacial score (nSPS) is 20.8. The number of carbonyl (C=O) groups excluding carboxylic acids is 1. The first-order valence-electron chi connectivity index (χ1n) is 11.3. The van der Waals surface area contributed by atoms with Gasteiger partial charge in [-0.05, 0) is 29.8 Å². The molecule has 0 radical (unpaired) electrons. The van der Waals surface area contributed by atoms with Crippen molar-refractivity contribution in [3.05, 3.63) is 82.8 Å². The quantitative estimate of drug-likeness (QED) is 0.746. The average Bonchev–Trinajstić information content (AvgIpc) is 3.27. The summed E-state index contributed by atoms with van der Waals surface area (Å²) in [5, 5.41) is 6.28. The van der Waals surface area contributed by atoms with Crippen LogP contribution in [0.1, 0.15) is 21.5 Å². The van der Waals surface area contributed by atoms with Crippen LogP contribution in [0.15, 0.2) is 76.2 Å². The fourth-order valence-electron chi connectivity index (χ4n) is 4.18. The van der Waals surface area contributed by atoms with Crippen LogP contribution < -0.4 is 5.73 Å². The number of benzene rings is 2. The van der Waals surface area contributed by atoms with Crippen LogP contribution in [0.2, 0.25) is 0 Å². The number of ether oxygens (including phenoxy) is 2. The summed E-state index contributed by atoms with van der Waals surface area (Å²) in [6.07, 6.45) is -0.532. The van der Waals surface area contributed by atoms with Crippen LogP contribution >= 0.6 is 0 Å². The summed E-state index contributed by atoms with van der Waals surface area (Å²) < 4.78 is 11.5. The van der Waals surface area contributed by atoms with Gasteiger partial charge in [-0.1, -0.05) is 30.3 Å². The molecule has 2 N–H and O–H groups in total. The minimum absolute atomic E-state index is 0.0222. The van der Waals surface area contributed by atoms with E-state index >= 15 is 0 Å². The Morgan fingerprint density at radius 3 is 2.41 bits per heavy atom. The van der Waals surface area contributed by atoms with E-state index in [2.05, 4.69) is 5.10 Å². The minimum Gasteiger partial charge on any atom is -0.444 e. The Kier molecular flexibility index (Phi) is 5.93. The topological polar surface area (TPSA) is 96.0 Å². The van der Waals surface area contributed by atoms with Crippen LogP contribution in [-0.4, -0.2) is 85.5 Å². The molecule has 5 rings (SSSR count). The molecule has 34 heavy (non-hydrogen) atoms. The summed E-state index contributed by atoms with van der Waals surface area (Å²) in [5.74, 6) is 1.10. The van der Waals surface area contributed by atoms with E-state index in [1.165, 1.54) is 0 Å². The maximum absolute atomic E-state index is 12.8. The number of likely N-dealkylation sites (N-methyl/N-ethyl adjacent to an activating group) is 2. The van der Waals surface area contributed by atoms with Crippen molar-refractivity contribution < 1.29 is 14.3 Å². The maximum atomic E-state index is 12.8. The zero-order valence-corrected chi connectivity index (χ0v) is 19.3. The molecule has 2 aromatic carbocycles. The van der Waals surface area contributed by atoms with Gasteiger partial charge in [-0.25, -0.2) is 4.99 Å². The monoisotopic (exact) mass is 460 g/mol. The fraction of sp³-hybridized carbons (Fsp3) is 0.320. The number of nitrogens with two attached hydrogens (primary N) is 1. The molecule has 0 saturated carbocycles. The van der Waals surface area contributed by atoms with Crippen molar-refractivity contribution in [3.8, 4) is 0 Å². The van der Waals surface area contributed by atoms with Crippen molar-refractivity contribution in [1.82, 2.24) is 14.8 Å². The summed E-state index contributed by atoms with van der Waals surface area (Å²) in [6, 6.07) is 17.3. The highest BCUT2D eigenvalue weighted by Gasteiger charge is 2.34. The molecule has 2 aromatic rings. The third kappa shape index (κ3) is 4.22. The fourth-order valence-corrected chi connectivity index (χ4v) is 4.18. The number of rotatable bonds is 4. The second kappa shape index (κ2) is 9.18. The predicted molar refractivity (Wildman–Crippen MR) is 129 cm³/mol. The van der Waals surface area contributed by atoms with E-state index in [0.29, 0.717) is 55.8 Å². The van der Waals surface area contributed by atoms with Gasteiger partial charge >= 0.3 is 0 Å². The van der Waals surface area contributed by atoms with Crippen molar-refractivity contribution in [2.45, 2.75) is 6.23 Å². The standard InChI is InChI=1S/C25H28N6O3/c1-29-16-20(17-8-10-19(11-9-17)24(32)31-12-14-33-15-13-31)27-21(22(29)26)25-30(2)28-23(34-25)18-6-4-3-5-7-18/h3-11,25H,12-16,26H2,1-2H3. The van der Waals surface area contributed by atoms with Crippen molar-refractivity contribution >= 4 is 17.5 Å². The third-order valence-electron chi connectivity index (χ3n) is 6.15. The van der Waals surface area contributed by atoms with Crippen LogP contribution in [0.4, 0.5) is 0 Å². The van der Waals surface area contributed by atoms with E-state index in [4.69, 9.17) is 20.2 Å². The van der Waals surface area contributed by atoms with Gasteiger partial charge in [0, 0.05) is 38.3 Å². The molecule has 1 atom stereocenters. The minimum atomic E-state index is -0.532. The molecule has 0 spiro atoms. The van der Waals surface area contributed by atoms with Crippen molar-refractivity contribution in [1.29, 1.82) is 0 Å². The molecule has 3 heterocycles. The Labute approximate surface area is 198 Å². The molecule has 0 aromatic heterocycles. The number of hydrogen-bond donors (Lipinski definition) is 1. The van der Waals surface area contributed by atoms with Crippen molar-refractivity contribution in [2.24, 2.45) is 15.8 Å². The summed E-state index contributed by atoms with van der Waals surface area (Å²) in [7, 11) is 3.77. The molecule has 9 nitrogen and oxygen atoms in total. The van der Waals surface area contributed by atoms with Crippen LogP contribution in [0.5, 0.6) is 0 Å². The van der Waals surface area contributed by atoms with Gasteiger partial charge in [0.05, 0.1) is 25.5 Å². The highest BCUT2D eigenvalue weighted by Crippen LogP contribution is 2.27. The highest BCUT2D eigenvalue weighted by molar-refractivity contribution is 6.04. The zero-order chi connectivity index (χ0) is 23.7. The van der Waals surface area contributed by atoms with Gasteiger partial charge in [0.15, 0.2) is 0 Å². The number of amides is 1. The zero-order valence-electron chi connectivity index (χ0n) is 19.3. The molecule has 3 aliphatic rings. The van der Waals surface area contributed by atoms with Gasteiger partial charge in [0.1, 0.15) is 11.5 Å². The number of hydrazone groups is 1. The summed E-state index contributed by atoms with van der Waals surface area (Å²) in [6.45, 7) is 2.95. The van der Waals surface area contributed by atoms with E-state index in [1.54, 1.807) is 5.01 Å². The highest BCUT2D eigenvalue weighted by atomic mass is 16.5. The lowest BCUT2D eigenvalue weighted by atomic mass is 10.0. The number of aliphatic imine (C=N–C) groups is 1. The SMILES string of the molecule is CN1CC(c2ccc(C(=O)N3CCOCC3)cc2)=NC(C2OC(c3ccccc3)=NN2C)=C1N. The van der Waals surface area contributed by atoms with Gasteiger partial charge in [-0.2, -0.15) is 0 Å². The molecule has 1 amide bonds. The first kappa shape index (κ1) is 22.0. The molecular formula is C25H28N6O3. The lowest BCUT2D eigenvalue weighted by Crippen LogP contribution is -2.40. The second-order valence-electron chi connectivity index (χ2n) is 8.48. The molecule has 1 saturated heterocycles. The van der Waals surface area contributed by atoms with Gasteiger partial charge in [-0.3, -0.25) is 9.80 Å². The second-order valence-corrected chi connectivity index (χ2v) is 8.48. The average molecular weight is 461 g/mol. The Morgan fingerprint density at radius 1 is 1.00 bits per heavy atom.